The van der Waals surface area contributed by atoms with Gasteiger partial charge in [-0.3, -0.25) is 0 Å². The average Bonchev–Trinajstić information content (AvgIpc) is 3.05. The van der Waals surface area contributed by atoms with E-state index in [1.165, 1.54) is 6.08 Å². The van der Waals surface area contributed by atoms with Crippen molar-refractivity contribution in [2.75, 3.05) is 0 Å². The lowest BCUT2D eigenvalue weighted by Crippen LogP contribution is -2.55. The fraction of sp³-hybridized carbons (Fsp3) is 0.174. The lowest BCUT2D eigenvalue weighted by atomic mass is 9.99. The molecule has 0 aliphatic carbocycles. The number of aliphatic imine (C=N–C) groups is 1. The van der Waals surface area contributed by atoms with E-state index in [-0.39, 0.29) is 15.8 Å². The maximum Gasteiger partial charge on any atom is 0.274 e. The Morgan fingerprint density at radius 3 is 2.26 bits per heavy atom. The van der Waals surface area contributed by atoms with Crippen molar-refractivity contribution in [1.29, 1.82) is 0 Å². The van der Waals surface area contributed by atoms with E-state index in [9.17, 15) is 4.39 Å². The van der Waals surface area contributed by atoms with Crippen LogP contribution in [0.15, 0.2) is 83.9 Å². The molecule has 4 heteroatoms. The molecule has 2 heterocycles. The third-order valence-electron chi connectivity index (χ3n) is 5.15. The molecular formula is C23H21F2N2+. The van der Waals surface area contributed by atoms with Gasteiger partial charge in [0.2, 0.25) is 5.83 Å². The Hall–Kier alpha value is -2.85. The second-order valence-corrected chi connectivity index (χ2v) is 7.79. The first-order chi connectivity index (χ1) is 12.8. The Kier molecular flexibility index (Phi) is 3.97. The summed E-state index contributed by atoms with van der Waals surface area (Å²) >= 11 is 0. The fourth-order valence-electron chi connectivity index (χ4n) is 3.60. The first-order valence-electron chi connectivity index (χ1n) is 8.94. The van der Waals surface area contributed by atoms with E-state index in [1.807, 2.05) is 69.6 Å². The van der Waals surface area contributed by atoms with E-state index in [0.717, 1.165) is 5.56 Å². The zero-order valence-electron chi connectivity index (χ0n) is 15.6. The smallest absolute Gasteiger partial charge is 0.214 e. The first kappa shape index (κ1) is 17.6. The van der Waals surface area contributed by atoms with Gasteiger partial charge in [-0.25, -0.2) is 8.87 Å². The Balaban J connectivity index is 1.89. The molecule has 0 amide bonds. The van der Waals surface area contributed by atoms with E-state index in [2.05, 4.69) is 4.99 Å². The molecule has 0 spiro atoms. The van der Waals surface area contributed by atoms with Crippen LogP contribution in [0, 0.1) is 5.82 Å². The Morgan fingerprint density at radius 2 is 1.59 bits per heavy atom. The van der Waals surface area contributed by atoms with Gasteiger partial charge >= 0.3 is 0 Å². The standard InChI is InChI=1S/C23H21F2N2/c1-23(2,3)27-14-8-13-19(24)22(27)26-20(15-27)18-12-7-11-17(21(18)25)16-9-5-4-6-10-16/h4-15H,1-3H3/q+1. The maximum absolute atomic E-state index is 15.4. The molecule has 2 nitrogen and oxygen atoms in total. The van der Waals surface area contributed by atoms with E-state index in [4.69, 9.17) is 0 Å². The molecule has 0 fully saturated rings. The molecular weight excluding hydrogens is 342 g/mol. The Bertz CT molecular complexity index is 1020. The molecule has 0 bridgehead atoms. The van der Waals surface area contributed by atoms with Gasteiger partial charge in [-0.2, -0.15) is 9.38 Å². The summed E-state index contributed by atoms with van der Waals surface area (Å²) in [6, 6.07) is 14.6. The molecule has 0 saturated carbocycles. The van der Waals surface area contributed by atoms with Crippen molar-refractivity contribution in [2.45, 2.75) is 26.3 Å². The zero-order valence-corrected chi connectivity index (χ0v) is 15.6. The van der Waals surface area contributed by atoms with Crippen LogP contribution < -0.4 is 0 Å². The molecule has 0 aromatic heterocycles. The largest absolute Gasteiger partial charge is 0.274 e. The predicted octanol–water partition coefficient (Wildman–Crippen LogP) is 6.20. The van der Waals surface area contributed by atoms with Gasteiger partial charge in [0.25, 0.3) is 5.84 Å². The second kappa shape index (κ2) is 6.10. The molecule has 2 aromatic rings. The summed E-state index contributed by atoms with van der Waals surface area (Å²) in [5, 5.41) is 0. The topological polar surface area (TPSA) is 12.4 Å². The van der Waals surface area contributed by atoms with Crippen LogP contribution in [0.3, 0.4) is 0 Å². The van der Waals surface area contributed by atoms with Crippen LogP contribution in [0.1, 0.15) is 26.3 Å². The van der Waals surface area contributed by atoms with Gasteiger partial charge in [0.15, 0.2) is 0 Å². The van der Waals surface area contributed by atoms with Crippen molar-refractivity contribution in [3.63, 3.8) is 0 Å². The number of amidine groups is 1. The minimum Gasteiger partial charge on any atom is -0.214 e. The predicted molar refractivity (Wildman–Crippen MR) is 106 cm³/mol. The molecule has 2 aromatic carbocycles. The van der Waals surface area contributed by atoms with Crippen molar-refractivity contribution in [1.82, 2.24) is 0 Å². The third kappa shape index (κ3) is 2.68. The third-order valence-corrected chi connectivity index (χ3v) is 5.15. The molecule has 0 N–H and O–H groups in total. The number of allylic oxidation sites excluding steroid dienone is 2. The summed E-state index contributed by atoms with van der Waals surface area (Å²) in [6.45, 7) is 6.05. The van der Waals surface area contributed by atoms with Gasteiger partial charge in [0.1, 0.15) is 29.5 Å². The lowest BCUT2D eigenvalue weighted by molar-refractivity contribution is -0.785. The van der Waals surface area contributed by atoms with Crippen LogP contribution in [-0.2, 0) is 0 Å². The fourth-order valence-corrected chi connectivity index (χ4v) is 3.60. The number of nitrogens with zero attached hydrogens (tertiary/aromatic N) is 2. The van der Waals surface area contributed by atoms with Gasteiger partial charge in [0, 0.05) is 11.1 Å². The number of halogens is 2. The molecule has 2 aliphatic rings. The lowest BCUT2D eigenvalue weighted by Gasteiger charge is -2.40. The molecule has 27 heavy (non-hydrogen) atoms. The van der Waals surface area contributed by atoms with Crippen molar-refractivity contribution in [3.8, 4) is 11.1 Å². The van der Waals surface area contributed by atoms with E-state index < -0.39 is 5.83 Å². The SMILES string of the molecule is CC(C)(C)[N+]12C=CC=C(F)C1=NC(c1cccc(-c3ccccc3)c1F)=C2. The van der Waals surface area contributed by atoms with Gasteiger partial charge in [-0.1, -0.05) is 42.5 Å². The minimum absolute atomic E-state index is 0.125. The van der Waals surface area contributed by atoms with Crippen LogP contribution in [0.5, 0.6) is 0 Å². The quantitative estimate of drug-likeness (QED) is 0.563. The minimum atomic E-state index is -0.390. The molecule has 2 aliphatic heterocycles. The summed E-state index contributed by atoms with van der Waals surface area (Å²) in [4.78, 5) is 4.51. The Morgan fingerprint density at radius 1 is 0.889 bits per heavy atom. The summed E-state index contributed by atoms with van der Waals surface area (Å²) in [5.41, 5.74) is 1.77. The van der Waals surface area contributed by atoms with Crippen LogP contribution in [-0.4, -0.2) is 15.9 Å². The van der Waals surface area contributed by atoms with Crippen LogP contribution in [0.2, 0.25) is 0 Å². The van der Waals surface area contributed by atoms with E-state index in [1.54, 1.807) is 18.2 Å². The molecule has 136 valence electrons. The van der Waals surface area contributed by atoms with Gasteiger partial charge < -0.3 is 0 Å². The molecule has 1 unspecified atom stereocenters. The van der Waals surface area contributed by atoms with E-state index >= 15 is 4.39 Å². The highest BCUT2D eigenvalue weighted by atomic mass is 19.1. The van der Waals surface area contributed by atoms with Crippen molar-refractivity contribution in [3.05, 3.63) is 90.3 Å². The first-order valence-corrected chi connectivity index (χ1v) is 8.94. The van der Waals surface area contributed by atoms with Gasteiger partial charge in [0.05, 0.1) is 0 Å². The Labute approximate surface area is 158 Å². The second-order valence-electron chi connectivity index (χ2n) is 7.79. The monoisotopic (exact) mass is 363 g/mol. The van der Waals surface area contributed by atoms with Crippen LogP contribution >= 0.6 is 0 Å². The molecule has 0 saturated heterocycles. The van der Waals surface area contributed by atoms with Crippen LogP contribution in [0.25, 0.3) is 16.8 Å². The highest BCUT2D eigenvalue weighted by Gasteiger charge is 2.50. The average molecular weight is 363 g/mol. The summed E-state index contributed by atoms with van der Waals surface area (Å²) in [7, 11) is 0. The normalized spacial score (nSPS) is 21.4. The number of fused-ring (bicyclic) bond motifs is 1. The summed E-state index contributed by atoms with van der Waals surface area (Å²) in [6.07, 6.45) is 6.82. The molecule has 1 atom stereocenters. The number of hydrogen-bond acceptors (Lipinski definition) is 1. The van der Waals surface area contributed by atoms with E-state index in [0.29, 0.717) is 22.7 Å². The van der Waals surface area contributed by atoms with Crippen molar-refractivity contribution in [2.24, 2.45) is 4.99 Å². The van der Waals surface area contributed by atoms with Crippen LogP contribution in [0.4, 0.5) is 8.78 Å². The summed E-state index contributed by atoms with van der Waals surface area (Å²) < 4.78 is 30.1. The number of hydrogen-bond donors (Lipinski definition) is 0. The maximum atomic E-state index is 15.4. The number of benzene rings is 2. The number of rotatable bonds is 2. The van der Waals surface area contributed by atoms with Gasteiger partial charge in [-0.15, -0.1) is 0 Å². The molecule has 0 radical (unpaired) electrons. The summed E-state index contributed by atoms with van der Waals surface area (Å²) in [5.74, 6) is -0.442. The highest BCUT2D eigenvalue weighted by Crippen LogP contribution is 2.42. The van der Waals surface area contributed by atoms with Gasteiger partial charge in [-0.05, 0) is 44.6 Å². The van der Waals surface area contributed by atoms with Crippen molar-refractivity contribution >= 4 is 11.5 Å². The van der Waals surface area contributed by atoms with Crippen molar-refractivity contribution < 1.29 is 13.3 Å². The highest BCUT2D eigenvalue weighted by molar-refractivity contribution is 5.99. The number of quaternary nitrogens is 1. The zero-order chi connectivity index (χ0) is 19.2. The molecule has 4 rings (SSSR count).